The molecule has 1 aliphatic rings. The Morgan fingerprint density at radius 1 is 1.25 bits per heavy atom. The van der Waals surface area contributed by atoms with E-state index >= 15 is 0 Å². The molecule has 0 saturated heterocycles. The lowest BCUT2D eigenvalue weighted by Gasteiger charge is -2.15. The summed E-state index contributed by atoms with van der Waals surface area (Å²) in [6.07, 6.45) is 5.23. The Hall–Kier alpha value is -1.41. The maximum absolute atomic E-state index is 11.0. The van der Waals surface area contributed by atoms with E-state index in [1.165, 1.54) is 5.56 Å². The first-order chi connectivity index (χ1) is 7.84. The van der Waals surface area contributed by atoms with Crippen LogP contribution in [0.15, 0.2) is 42.5 Å². The van der Waals surface area contributed by atoms with Crippen molar-refractivity contribution >= 4 is 5.78 Å². The molecule has 0 bridgehead atoms. The zero-order chi connectivity index (χ0) is 11.2. The van der Waals surface area contributed by atoms with Crippen LogP contribution >= 0.6 is 0 Å². The maximum Gasteiger partial charge on any atom is 0.155 e. The minimum atomic E-state index is 0.235. The monoisotopic (exact) mass is 216 g/mol. The molecule has 1 aliphatic carbocycles. The molecule has 2 heteroatoms. The second-order valence-electron chi connectivity index (χ2n) is 4.12. The zero-order valence-electron chi connectivity index (χ0n) is 9.26. The van der Waals surface area contributed by atoms with E-state index in [9.17, 15) is 4.79 Å². The molecule has 0 unspecified atom stereocenters. The molecule has 0 heterocycles. The van der Waals surface area contributed by atoms with E-state index in [1.807, 2.05) is 24.3 Å². The van der Waals surface area contributed by atoms with Crippen molar-refractivity contribution in [3.05, 3.63) is 48.0 Å². The molecule has 0 saturated carbocycles. The highest BCUT2D eigenvalue weighted by Gasteiger charge is 2.12. The Morgan fingerprint density at radius 2 is 2.06 bits per heavy atom. The van der Waals surface area contributed by atoms with Crippen LogP contribution in [0.5, 0.6) is 0 Å². The summed E-state index contributed by atoms with van der Waals surface area (Å²) in [7, 11) is 0. The van der Waals surface area contributed by atoms with E-state index < -0.39 is 0 Å². The molecule has 0 aromatic heterocycles. The summed E-state index contributed by atoms with van der Waals surface area (Å²) >= 11 is 0. The third-order valence-corrected chi connectivity index (χ3v) is 2.76. The highest BCUT2D eigenvalue weighted by molar-refractivity contribution is 5.90. The van der Waals surface area contributed by atoms with E-state index in [0.717, 1.165) is 6.42 Å². The van der Waals surface area contributed by atoms with E-state index in [-0.39, 0.29) is 5.78 Å². The number of carbonyl (C=O) groups excluding carboxylic acids is 1. The van der Waals surface area contributed by atoms with Crippen LogP contribution in [0.2, 0.25) is 0 Å². The lowest BCUT2D eigenvalue weighted by atomic mass is 9.96. The lowest BCUT2D eigenvalue weighted by Crippen LogP contribution is -2.13. The first-order valence-electron chi connectivity index (χ1n) is 5.67. The van der Waals surface area contributed by atoms with E-state index in [2.05, 4.69) is 12.1 Å². The van der Waals surface area contributed by atoms with Crippen LogP contribution < -0.4 is 0 Å². The molecule has 0 amide bonds. The van der Waals surface area contributed by atoms with Gasteiger partial charge in [-0.15, -0.1) is 0 Å². The molecular weight excluding hydrogens is 200 g/mol. The quantitative estimate of drug-likeness (QED) is 0.773. The number of benzene rings is 1. The van der Waals surface area contributed by atoms with Crippen molar-refractivity contribution in [2.24, 2.45) is 5.92 Å². The number of ketones is 1. The number of hydrogen-bond donors (Lipinski definition) is 0. The zero-order valence-corrected chi connectivity index (χ0v) is 9.26. The Labute approximate surface area is 95.9 Å². The number of ether oxygens (including phenoxy) is 1. The van der Waals surface area contributed by atoms with Gasteiger partial charge >= 0.3 is 0 Å². The van der Waals surface area contributed by atoms with Crippen molar-refractivity contribution in [3.8, 4) is 0 Å². The highest BCUT2D eigenvalue weighted by atomic mass is 16.5. The van der Waals surface area contributed by atoms with Gasteiger partial charge in [-0.2, -0.15) is 0 Å². The Morgan fingerprint density at radius 3 is 2.75 bits per heavy atom. The van der Waals surface area contributed by atoms with Gasteiger partial charge in [0.2, 0.25) is 0 Å². The Balaban J connectivity index is 1.73. The molecule has 16 heavy (non-hydrogen) atoms. The number of hydrogen-bond acceptors (Lipinski definition) is 2. The van der Waals surface area contributed by atoms with Gasteiger partial charge in [0.15, 0.2) is 5.78 Å². The predicted molar refractivity (Wildman–Crippen MR) is 63.0 cm³/mol. The van der Waals surface area contributed by atoms with Gasteiger partial charge in [-0.1, -0.05) is 36.4 Å². The summed E-state index contributed by atoms with van der Waals surface area (Å²) in [5, 5.41) is 0. The Kier molecular flexibility index (Phi) is 3.89. The van der Waals surface area contributed by atoms with E-state index in [0.29, 0.717) is 25.6 Å². The maximum atomic E-state index is 11.0. The van der Waals surface area contributed by atoms with Crippen molar-refractivity contribution in [3.63, 3.8) is 0 Å². The minimum Gasteiger partial charge on any atom is -0.376 e. The van der Waals surface area contributed by atoms with Gasteiger partial charge in [0.25, 0.3) is 0 Å². The van der Waals surface area contributed by atoms with Crippen LogP contribution in [0.4, 0.5) is 0 Å². The van der Waals surface area contributed by atoms with Gasteiger partial charge in [-0.3, -0.25) is 4.79 Å². The SMILES string of the molecule is O=C1C=C[C@H](COCc2ccccc2)CC1. The third kappa shape index (κ3) is 3.31. The molecule has 1 aromatic carbocycles. The van der Waals surface area contributed by atoms with Crippen LogP contribution in [-0.2, 0) is 16.1 Å². The second kappa shape index (κ2) is 5.61. The number of carbonyl (C=O) groups is 1. The lowest BCUT2D eigenvalue weighted by molar-refractivity contribution is -0.115. The molecule has 0 N–H and O–H groups in total. The van der Waals surface area contributed by atoms with Crippen molar-refractivity contribution < 1.29 is 9.53 Å². The summed E-state index contributed by atoms with van der Waals surface area (Å²) in [5.41, 5.74) is 1.19. The van der Waals surface area contributed by atoms with Gasteiger partial charge < -0.3 is 4.74 Å². The largest absolute Gasteiger partial charge is 0.376 e. The molecule has 2 rings (SSSR count). The van der Waals surface area contributed by atoms with Gasteiger partial charge in [0, 0.05) is 12.3 Å². The molecule has 0 fully saturated rings. The van der Waals surface area contributed by atoms with Crippen LogP contribution in [-0.4, -0.2) is 12.4 Å². The highest BCUT2D eigenvalue weighted by Crippen LogP contribution is 2.15. The number of rotatable bonds is 4. The summed E-state index contributed by atoms with van der Waals surface area (Å²) in [6, 6.07) is 10.1. The van der Waals surface area contributed by atoms with E-state index in [4.69, 9.17) is 4.74 Å². The molecule has 2 nitrogen and oxygen atoms in total. The summed E-state index contributed by atoms with van der Waals surface area (Å²) in [6.45, 7) is 1.36. The predicted octanol–water partition coefficient (Wildman–Crippen LogP) is 2.74. The standard InChI is InChI=1S/C14H16O2/c15-14-8-6-13(7-9-14)11-16-10-12-4-2-1-3-5-12/h1-6,8,13H,7,9-11H2/t13-/m0/s1. The topological polar surface area (TPSA) is 26.3 Å². The molecule has 84 valence electrons. The molecule has 0 radical (unpaired) electrons. The van der Waals surface area contributed by atoms with Crippen LogP contribution in [0.1, 0.15) is 18.4 Å². The first-order valence-corrected chi connectivity index (χ1v) is 5.67. The van der Waals surface area contributed by atoms with Gasteiger partial charge in [0.1, 0.15) is 0 Å². The van der Waals surface area contributed by atoms with Crippen LogP contribution in [0, 0.1) is 5.92 Å². The molecule has 0 aliphatic heterocycles. The third-order valence-electron chi connectivity index (χ3n) is 2.76. The molecule has 0 spiro atoms. The fourth-order valence-electron chi connectivity index (χ4n) is 1.79. The van der Waals surface area contributed by atoms with Gasteiger partial charge in [-0.05, 0) is 18.1 Å². The summed E-state index contributed by atoms with van der Waals surface area (Å²) in [4.78, 5) is 11.0. The molecule has 1 atom stereocenters. The van der Waals surface area contributed by atoms with Crippen molar-refractivity contribution in [2.45, 2.75) is 19.4 Å². The normalized spacial score (nSPS) is 20.0. The Bertz CT molecular complexity index is 368. The van der Waals surface area contributed by atoms with Gasteiger partial charge in [0.05, 0.1) is 13.2 Å². The fourth-order valence-corrected chi connectivity index (χ4v) is 1.79. The van der Waals surface area contributed by atoms with Crippen molar-refractivity contribution in [1.29, 1.82) is 0 Å². The minimum absolute atomic E-state index is 0.235. The average Bonchev–Trinajstić information content (AvgIpc) is 2.33. The first kappa shape index (κ1) is 11.1. The molecule has 1 aromatic rings. The molecular formula is C14H16O2. The van der Waals surface area contributed by atoms with Crippen molar-refractivity contribution in [2.75, 3.05) is 6.61 Å². The van der Waals surface area contributed by atoms with Crippen molar-refractivity contribution in [1.82, 2.24) is 0 Å². The summed E-state index contributed by atoms with van der Waals surface area (Å²) < 4.78 is 5.63. The second-order valence-corrected chi connectivity index (χ2v) is 4.12. The van der Waals surface area contributed by atoms with Crippen LogP contribution in [0.25, 0.3) is 0 Å². The van der Waals surface area contributed by atoms with Gasteiger partial charge in [-0.25, -0.2) is 0 Å². The average molecular weight is 216 g/mol. The number of allylic oxidation sites excluding steroid dienone is 1. The van der Waals surface area contributed by atoms with E-state index in [1.54, 1.807) is 6.08 Å². The van der Waals surface area contributed by atoms with Crippen LogP contribution in [0.3, 0.4) is 0 Å². The summed E-state index contributed by atoms with van der Waals surface area (Å²) in [5.74, 6) is 0.640. The smallest absolute Gasteiger partial charge is 0.155 e. The fraction of sp³-hybridized carbons (Fsp3) is 0.357.